The minimum absolute atomic E-state index is 0.411. The molecule has 0 radical (unpaired) electrons. The van der Waals surface area contributed by atoms with Crippen LogP contribution in [0.3, 0.4) is 0 Å². The van der Waals surface area contributed by atoms with Gasteiger partial charge in [0, 0.05) is 71.0 Å². The smallest absolute Gasteiger partial charge is 0.105 e. The van der Waals surface area contributed by atoms with E-state index in [-0.39, 0.29) is 0 Å². The maximum Gasteiger partial charge on any atom is 0.105 e. The summed E-state index contributed by atoms with van der Waals surface area (Å²) in [5.74, 6) is 7.14. The first-order chi connectivity index (χ1) is 40.7. The Kier molecular flexibility index (Phi) is 10.0. The standard InChI is InChI=1S/C75H44N6S/c76-44-60-70(79-64-34-16-10-27-52(64)53-28-11-17-35-65(53)79)71(78-62-32-6-2-5-25-50(62)51-26-9-15-33-63(51)78)61(45-77)73(72(60)80-66-36-18-12-29-54(66)55-30-13-19-37-67(55)80)81-68-43-47(49-24-8-7-23-48(49)46-21-3-1-4-22-46)39-40-56(68)58-41-42-59-57-31-14-20-38-69(57)82-75(59)74(58)81/h1,3-5,7-16,18-31,33-34,36-43H,2,17,35H2. The number of hydrogen-bond acceptors (Lipinski definition) is 3. The van der Waals surface area contributed by atoms with Crippen molar-refractivity contribution in [2.75, 3.05) is 0 Å². The van der Waals surface area contributed by atoms with E-state index in [2.05, 4.69) is 273 Å². The zero-order valence-electron chi connectivity index (χ0n) is 44.2. The van der Waals surface area contributed by atoms with Gasteiger partial charge in [-0.15, -0.1) is 11.3 Å². The Bertz CT molecular complexity index is 5470. The van der Waals surface area contributed by atoms with E-state index in [1.807, 2.05) is 0 Å². The maximum atomic E-state index is 13.0. The van der Waals surface area contributed by atoms with Crippen molar-refractivity contribution >= 4 is 109 Å². The van der Waals surface area contributed by atoms with Gasteiger partial charge in [-0.1, -0.05) is 200 Å². The number of benzene rings is 10. The molecule has 7 heteroatoms. The molecular weight excluding hydrogens is 1020 g/mol. The second kappa shape index (κ2) is 17.8. The molecule has 0 amide bonds. The number of hydrogen-bond donors (Lipinski definition) is 0. The minimum atomic E-state index is 0.411. The molecule has 5 aromatic heterocycles. The highest BCUT2D eigenvalue weighted by Crippen LogP contribution is 2.51. The second-order valence-electron chi connectivity index (χ2n) is 21.3. The van der Waals surface area contributed by atoms with Gasteiger partial charge in [-0.25, -0.2) is 0 Å². The van der Waals surface area contributed by atoms with Crippen LogP contribution < -0.4 is 0 Å². The molecular formula is C75H44N6S. The molecule has 6 nitrogen and oxygen atoms in total. The zero-order valence-corrected chi connectivity index (χ0v) is 45.0. The number of nitriles is 2. The van der Waals surface area contributed by atoms with Crippen molar-refractivity contribution in [3.8, 4) is 69.0 Å². The number of fused-ring (bicyclic) bond motifs is 16. The van der Waals surface area contributed by atoms with Crippen LogP contribution in [0.15, 0.2) is 218 Å². The normalized spacial score (nSPS) is 12.9. The van der Waals surface area contributed by atoms with E-state index in [0.717, 1.165) is 133 Å². The fourth-order valence-electron chi connectivity index (χ4n) is 13.8. The first-order valence-electron chi connectivity index (χ1n) is 27.8. The molecule has 0 N–H and O–H groups in total. The molecule has 2 aliphatic rings. The van der Waals surface area contributed by atoms with Crippen molar-refractivity contribution < 1.29 is 0 Å². The fourth-order valence-corrected chi connectivity index (χ4v) is 15.1. The topological polar surface area (TPSA) is 67.3 Å². The third-order valence-corrected chi connectivity index (χ3v) is 18.4. The van der Waals surface area contributed by atoms with Crippen LogP contribution in [-0.4, -0.2) is 18.3 Å². The summed E-state index contributed by atoms with van der Waals surface area (Å²) in [5.41, 5.74) is 17.2. The fraction of sp³-hybridized carbons (Fsp3) is 0.0400. The van der Waals surface area contributed by atoms with Gasteiger partial charge in [-0.3, -0.25) is 4.57 Å². The number of rotatable bonds is 6. The second-order valence-corrected chi connectivity index (χ2v) is 22.4. The lowest BCUT2D eigenvalue weighted by molar-refractivity contribution is 0.876. The van der Waals surface area contributed by atoms with Gasteiger partial charge in [0.15, 0.2) is 0 Å². The van der Waals surface area contributed by atoms with Crippen LogP contribution in [0.25, 0.3) is 143 Å². The Balaban J connectivity index is 1.17. The summed E-state index contributed by atoms with van der Waals surface area (Å²) in [6.45, 7) is 0. The highest BCUT2D eigenvalue weighted by atomic mass is 32.1. The molecule has 0 saturated heterocycles. The molecule has 82 heavy (non-hydrogen) atoms. The highest BCUT2D eigenvalue weighted by molar-refractivity contribution is 7.26. The van der Waals surface area contributed by atoms with Gasteiger partial charge in [0.2, 0.25) is 0 Å². The number of aromatic nitrogens is 4. The lowest BCUT2D eigenvalue weighted by Crippen LogP contribution is -2.18. The highest BCUT2D eigenvalue weighted by Gasteiger charge is 2.36. The van der Waals surface area contributed by atoms with Crippen LogP contribution >= 0.6 is 11.3 Å². The van der Waals surface area contributed by atoms with Crippen LogP contribution in [0.2, 0.25) is 0 Å². The predicted octanol–water partition coefficient (Wildman–Crippen LogP) is 18.9. The van der Waals surface area contributed by atoms with Gasteiger partial charge in [0.25, 0.3) is 0 Å². The maximum absolute atomic E-state index is 13.0. The summed E-state index contributed by atoms with van der Waals surface area (Å²) in [5, 5.41) is 34.5. The van der Waals surface area contributed by atoms with Crippen LogP contribution in [0, 0.1) is 34.5 Å². The first kappa shape index (κ1) is 46.1. The molecule has 0 atom stereocenters. The summed E-state index contributed by atoms with van der Waals surface area (Å²) < 4.78 is 11.5. The lowest BCUT2D eigenvalue weighted by atomic mass is 9.94. The van der Waals surface area contributed by atoms with Gasteiger partial charge < -0.3 is 13.7 Å². The van der Waals surface area contributed by atoms with Crippen LogP contribution in [0.1, 0.15) is 46.5 Å². The molecule has 5 heterocycles. The number of nitrogens with zero attached hydrogens (tertiary/aromatic N) is 6. The van der Waals surface area contributed by atoms with E-state index < -0.39 is 0 Å². The van der Waals surface area contributed by atoms with Crippen molar-refractivity contribution in [3.63, 3.8) is 0 Å². The third-order valence-electron chi connectivity index (χ3n) is 17.2. The molecule has 0 bridgehead atoms. The van der Waals surface area contributed by atoms with Crippen molar-refractivity contribution in [2.45, 2.75) is 19.3 Å². The van der Waals surface area contributed by atoms with Crippen molar-refractivity contribution in [1.82, 2.24) is 18.3 Å². The van der Waals surface area contributed by atoms with Crippen molar-refractivity contribution in [2.24, 2.45) is 0 Å². The Morgan fingerprint density at radius 1 is 0.415 bits per heavy atom. The number of allylic oxidation sites excluding steroid dienone is 2. The third kappa shape index (κ3) is 6.39. The number of para-hydroxylation sites is 4. The van der Waals surface area contributed by atoms with Gasteiger partial charge in [-0.05, 0) is 77.4 Å². The average molecular weight is 1060 g/mol. The van der Waals surface area contributed by atoms with E-state index in [1.165, 1.54) is 10.1 Å². The summed E-state index contributed by atoms with van der Waals surface area (Å²) in [6, 6.07) is 79.3. The van der Waals surface area contributed by atoms with Gasteiger partial charge in [-0.2, -0.15) is 10.5 Å². The summed E-state index contributed by atoms with van der Waals surface area (Å²) >= 11 is 1.77. The van der Waals surface area contributed by atoms with Crippen LogP contribution in [0.5, 0.6) is 0 Å². The Labute approximate surface area is 475 Å². The average Bonchev–Trinajstić information content (AvgIpc) is 4.09. The van der Waals surface area contributed by atoms with Gasteiger partial charge >= 0.3 is 0 Å². The van der Waals surface area contributed by atoms with Crippen molar-refractivity contribution in [3.05, 3.63) is 252 Å². The molecule has 0 aliphatic heterocycles. The van der Waals surface area contributed by atoms with E-state index in [4.69, 9.17) is 0 Å². The first-order valence-corrected chi connectivity index (χ1v) is 28.6. The number of thiophene rings is 1. The largest absolute Gasteiger partial charge is 0.310 e. The quantitative estimate of drug-likeness (QED) is 0.156. The molecule has 0 spiro atoms. The Hall–Kier alpha value is -10.9. The van der Waals surface area contributed by atoms with Gasteiger partial charge in [0.05, 0.1) is 60.5 Å². The van der Waals surface area contributed by atoms with E-state index in [9.17, 15) is 10.5 Å². The van der Waals surface area contributed by atoms with E-state index >= 15 is 0 Å². The lowest BCUT2D eigenvalue weighted by Gasteiger charge is -2.27. The Morgan fingerprint density at radius 3 is 1.66 bits per heavy atom. The molecule has 380 valence electrons. The SMILES string of the molecule is N#Cc1c(-n2c3c(c4ccccc42)C=CCC3)c(-n2c3c(c4ccccc42)C=CCC#C3)c(C#N)c(-n2c3cc(-c4ccccc4-c4ccccc4)ccc3c3ccc4c5ccccc5sc4c32)c1-n1c2ccccc2c2ccccc21. The van der Waals surface area contributed by atoms with E-state index in [1.54, 1.807) is 11.3 Å². The molecule has 0 fully saturated rings. The summed E-state index contributed by atoms with van der Waals surface area (Å²) in [4.78, 5) is 0. The minimum Gasteiger partial charge on any atom is -0.310 e. The van der Waals surface area contributed by atoms with Crippen molar-refractivity contribution in [1.29, 1.82) is 10.5 Å². The molecule has 2 aliphatic carbocycles. The summed E-state index contributed by atoms with van der Waals surface area (Å²) in [6.07, 6.45) is 10.9. The molecule has 17 rings (SSSR count). The molecule has 0 unspecified atom stereocenters. The Morgan fingerprint density at radius 2 is 0.939 bits per heavy atom. The zero-order chi connectivity index (χ0) is 54.2. The molecule has 10 aromatic carbocycles. The van der Waals surface area contributed by atoms with Gasteiger partial charge in [0.1, 0.15) is 29.0 Å². The van der Waals surface area contributed by atoms with E-state index in [0.29, 0.717) is 40.3 Å². The predicted molar refractivity (Wildman–Crippen MR) is 340 cm³/mol. The van der Waals surface area contributed by atoms with Crippen LogP contribution in [0.4, 0.5) is 0 Å². The summed E-state index contributed by atoms with van der Waals surface area (Å²) in [7, 11) is 0. The molecule has 15 aromatic rings. The van der Waals surface area contributed by atoms with Crippen LogP contribution in [-0.2, 0) is 6.42 Å². The monoisotopic (exact) mass is 1060 g/mol. The molecule has 0 saturated carbocycles.